The van der Waals surface area contributed by atoms with Crippen molar-refractivity contribution in [2.24, 2.45) is 10.8 Å². The normalized spacial score (nSPS) is 30.7. The van der Waals surface area contributed by atoms with Crippen LogP contribution in [0.5, 0.6) is 0 Å². The highest BCUT2D eigenvalue weighted by Crippen LogP contribution is 2.53. The van der Waals surface area contributed by atoms with Crippen LogP contribution in [0.1, 0.15) is 48.0 Å². The molecule has 1 aliphatic heterocycles. The van der Waals surface area contributed by atoms with Gasteiger partial charge in [-0.15, -0.1) is 0 Å². The summed E-state index contributed by atoms with van der Waals surface area (Å²) in [6.45, 7) is 15.6. The molecule has 1 aromatic rings. The summed E-state index contributed by atoms with van der Waals surface area (Å²) in [7, 11) is -1.31. The monoisotopic (exact) mass is 396 g/mol. The summed E-state index contributed by atoms with van der Waals surface area (Å²) < 4.78 is 7.92. The fourth-order valence-electron chi connectivity index (χ4n) is 3.66. The first kappa shape index (κ1) is 22.1. The summed E-state index contributed by atoms with van der Waals surface area (Å²) in [4.78, 5) is 16.5. The van der Waals surface area contributed by atoms with Crippen LogP contribution in [-0.4, -0.2) is 46.4 Å². The van der Waals surface area contributed by atoms with Crippen molar-refractivity contribution in [1.29, 1.82) is 0 Å². The van der Waals surface area contributed by atoms with Gasteiger partial charge in [0.15, 0.2) is 0 Å². The van der Waals surface area contributed by atoms with Crippen molar-refractivity contribution in [2.75, 3.05) is 5.73 Å². The van der Waals surface area contributed by atoms with E-state index in [1.54, 1.807) is 12.3 Å². The van der Waals surface area contributed by atoms with E-state index in [0.717, 1.165) is 0 Å². The van der Waals surface area contributed by atoms with Gasteiger partial charge in [0.2, 0.25) is 0 Å². The molecule has 8 heteroatoms. The van der Waals surface area contributed by atoms with Crippen LogP contribution in [0.15, 0.2) is 17.1 Å². The molecule has 1 saturated heterocycles. The van der Waals surface area contributed by atoms with E-state index in [9.17, 15) is 15.0 Å². The smallest absolute Gasteiger partial charge is 0.351 e. The number of nitrogens with two attached hydrogens (primary N) is 1. The number of rotatable bonds is 3. The average Bonchev–Trinajstić information content (AvgIpc) is 2.81. The Morgan fingerprint density at radius 1 is 1.33 bits per heavy atom. The van der Waals surface area contributed by atoms with Gasteiger partial charge in [-0.1, -0.05) is 54.6 Å². The largest absolute Gasteiger partial charge is 0.390 e. The van der Waals surface area contributed by atoms with Gasteiger partial charge >= 0.3 is 5.69 Å². The minimum Gasteiger partial charge on any atom is -0.390 e. The zero-order valence-corrected chi connectivity index (χ0v) is 18.7. The van der Waals surface area contributed by atoms with E-state index in [0.29, 0.717) is 0 Å². The van der Waals surface area contributed by atoms with E-state index >= 15 is 0 Å². The molecule has 1 radical (unpaired) electrons. The van der Waals surface area contributed by atoms with Gasteiger partial charge < -0.3 is 20.7 Å². The third-order valence-electron chi connectivity index (χ3n) is 5.77. The summed E-state index contributed by atoms with van der Waals surface area (Å²) in [6, 6.07) is 1.56. The number of anilines is 1. The molecule has 153 valence electrons. The lowest BCUT2D eigenvalue weighted by Crippen LogP contribution is -2.57. The van der Waals surface area contributed by atoms with Crippen molar-refractivity contribution in [2.45, 2.75) is 84.2 Å². The average molecular weight is 397 g/mol. The maximum Gasteiger partial charge on any atom is 0.351 e. The molecule has 1 unspecified atom stereocenters. The zero-order chi connectivity index (χ0) is 21.0. The molecular weight excluding hydrogens is 362 g/mol. The third kappa shape index (κ3) is 3.60. The van der Waals surface area contributed by atoms with Crippen LogP contribution >= 0.6 is 0 Å². The molecule has 0 spiro atoms. The molecule has 4 atom stereocenters. The van der Waals surface area contributed by atoms with Gasteiger partial charge in [-0.3, -0.25) is 4.57 Å². The standard InChI is InChI=1S/C19H34N3O4Si/c1-16(2,3)13(23)14-18(25,17(4,5)6)11-19(26-14,27(7)8)22-10-9-12(20)21-15(22)24/h9-10,13-14,23,25H,11H2,1-8H3,(H2,20,21,24)/t13?,14-,18+,19+/m1/s1. The first-order valence-corrected chi connectivity index (χ1v) is 11.8. The summed E-state index contributed by atoms with van der Waals surface area (Å²) >= 11 is 0. The summed E-state index contributed by atoms with van der Waals surface area (Å²) in [6.07, 6.45) is 0.0231. The van der Waals surface area contributed by atoms with Crippen LogP contribution in [0.3, 0.4) is 0 Å². The molecule has 1 aromatic heterocycles. The van der Waals surface area contributed by atoms with Crippen molar-refractivity contribution in [3.8, 4) is 0 Å². The van der Waals surface area contributed by atoms with Crippen molar-refractivity contribution in [1.82, 2.24) is 9.55 Å². The van der Waals surface area contributed by atoms with Gasteiger partial charge in [0, 0.05) is 12.6 Å². The Morgan fingerprint density at radius 3 is 2.30 bits per heavy atom. The Bertz CT molecular complexity index is 753. The summed E-state index contributed by atoms with van der Waals surface area (Å²) in [5, 5.41) is 21.8. The molecule has 0 saturated carbocycles. The minimum atomic E-state index is -1.33. The number of aromatic nitrogens is 2. The lowest BCUT2D eigenvalue weighted by Gasteiger charge is -2.44. The molecule has 0 amide bonds. The number of nitrogen functional groups attached to an aromatic ring is 1. The summed E-state index contributed by atoms with van der Waals surface area (Å²) in [5.74, 6) is 0.141. The van der Waals surface area contributed by atoms with Crippen LogP contribution in [-0.2, 0) is 10.1 Å². The zero-order valence-electron chi connectivity index (χ0n) is 17.7. The molecule has 2 heterocycles. The second-order valence-corrected chi connectivity index (χ2v) is 12.8. The van der Waals surface area contributed by atoms with E-state index in [1.165, 1.54) is 4.57 Å². The number of hydrogen-bond donors (Lipinski definition) is 3. The summed E-state index contributed by atoms with van der Waals surface area (Å²) in [5.41, 5.74) is 2.74. The number of ether oxygens (including phenoxy) is 1. The van der Waals surface area contributed by atoms with Crippen LogP contribution < -0.4 is 11.4 Å². The Kier molecular flexibility index (Phi) is 5.46. The van der Waals surface area contributed by atoms with Crippen LogP contribution in [0.25, 0.3) is 0 Å². The van der Waals surface area contributed by atoms with Crippen LogP contribution in [0.4, 0.5) is 5.82 Å². The van der Waals surface area contributed by atoms with E-state index in [4.69, 9.17) is 10.5 Å². The lowest BCUT2D eigenvalue weighted by molar-refractivity contribution is -0.180. The highest BCUT2D eigenvalue weighted by atomic mass is 28.3. The van der Waals surface area contributed by atoms with Crippen molar-refractivity contribution < 1.29 is 14.9 Å². The van der Waals surface area contributed by atoms with E-state index in [1.807, 2.05) is 54.6 Å². The van der Waals surface area contributed by atoms with Crippen LogP contribution in [0.2, 0.25) is 13.1 Å². The first-order valence-electron chi connectivity index (χ1n) is 9.31. The van der Waals surface area contributed by atoms with Gasteiger partial charge in [0.1, 0.15) is 31.7 Å². The molecule has 1 fully saturated rings. The number of nitrogens with zero attached hydrogens (tertiary/aromatic N) is 2. The second kappa shape index (κ2) is 6.68. The number of aliphatic hydroxyl groups is 2. The molecule has 4 N–H and O–H groups in total. The van der Waals surface area contributed by atoms with Gasteiger partial charge in [0.05, 0.1) is 6.10 Å². The topological polar surface area (TPSA) is 111 Å². The van der Waals surface area contributed by atoms with E-state index in [2.05, 4.69) is 4.98 Å². The predicted molar refractivity (Wildman–Crippen MR) is 108 cm³/mol. The maximum absolute atomic E-state index is 12.6. The molecule has 7 nitrogen and oxygen atoms in total. The van der Waals surface area contributed by atoms with Gasteiger partial charge in [-0.05, 0) is 16.9 Å². The molecule has 0 aromatic carbocycles. The lowest BCUT2D eigenvalue weighted by atomic mass is 9.68. The number of hydrogen-bond acceptors (Lipinski definition) is 6. The van der Waals surface area contributed by atoms with E-state index in [-0.39, 0.29) is 12.2 Å². The fraction of sp³-hybridized carbons (Fsp3) is 0.789. The van der Waals surface area contributed by atoms with Crippen molar-refractivity contribution in [3.63, 3.8) is 0 Å². The van der Waals surface area contributed by atoms with Crippen LogP contribution in [0, 0.1) is 10.8 Å². The van der Waals surface area contributed by atoms with Crippen molar-refractivity contribution >= 4 is 14.6 Å². The number of aliphatic hydroxyl groups excluding tert-OH is 1. The Hall–Kier alpha value is -1.22. The minimum absolute atomic E-state index is 0.141. The van der Waals surface area contributed by atoms with Gasteiger partial charge in [0.25, 0.3) is 0 Å². The van der Waals surface area contributed by atoms with E-state index < -0.39 is 48.5 Å². The van der Waals surface area contributed by atoms with Gasteiger partial charge in [-0.2, -0.15) is 4.98 Å². The Balaban J connectivity index is 2.70. The van der Waals surface area contributed by atoms with Gasteiger partial charge in [-0.25, -0.2) is 4.79 Å². The SMILES string of the molecule is C[Si](C)[C@]1(n2ccc(N)nc2=O)C[C@@](O)(C(C)(C)C)[C@@H](C(O)C(C)(C)C)O1. The third-order valence-corrected chi connectivity index (χ3v) is 7.87. The maximum atomic E-state index is 12.6. The Morgan fingerprint density at radius 2 is 1.89 bits per heavy atom. The molecular formula is C19H34N3O4Si. The first-order chi connectivity index (χ1) is 12.1. The molecule has 0 bridgehead atoms. The van der Waals surface area contributed by atoms with Crippen molar-refractivity contribution in [3.05, 3.63) is 22.7 Å². The highest BCUT2D eigenvalue weighted by Gasteiger charge is 2.65. The highest BCUT2D eigenvalue weighted by molar-refractivity contribution is 6.58. The fourth-order valence-corrected chi connectivity index (χ4v) is 5.29. The molecule has 0 aliphatic carbocycles. The predicted octanol–water partition coefficient (Wildman–Crippen LogP) is 1.74. The molecule has 27 heavy (non-hydrogen) atoms. The molecule has 2 rings (SSSR count). The Labute approximate surface area is 163 Å². The quantitative estimate of drug-likeness (QED) is 0.671. The molecule has 1 aliphatic rings. The second-order valence-electron chi connectivity index (χ2n) is 9.99.